The second kappa shape index (κ2) is 5.77. The van der Waals surface area contributed by atoms with Gasteiger partial charge in [0.05, 0.1) is 10.6 Å². The van der Waals surface area contributed by atoms with Gasteiger partial charge >= 0.3 is 0 Å². The fourth-order valence-electron chi connectivity index (χ4n) is 2.09. The van der Waals surface area contributed by atoms with Crippen LogP contribution in [0.4, 0.5) is 5.69 Å². The molecule has 2 nitrogen and oxygen atoms in total. The Morgan fingerprint density at radius 3 is 2.37 bits per heavy atom. The Balaban J connectivity index is 2.10. The Morgan fingerprint density at radius 2 is 1.79 bits per heavy atom. The first-order valence-electron chi connectivity index (χ1n) is 6.09. The third-order valence-corrected chi connectivity index (χ3v) is 3.18. The molecule has 0 aliphatic rings. The number of hydrogen-bond donors (Lipinski definition) is 1. The predicted octanol–water partition coefficient (Wildman–Crippen LogP) is 4.44. The van der Waals surface area contributed by atoms with Gasteiger partial charge in [0.2, 0.25) is 0 Å². The van der Waals surface area contributed by atoms with Gasteiger partial charge in [-0.2, -0.15) is 5.26 Å². The average molecular weight is 271 g/mol. The van der Waals surface area contributed by atoms with Gasteiger partial charge < -0.3 is 5.32 Å². The fourth-order valence-corrected chi connectivity index (χ4v) is 2.31. The van der Waals surface area contributed by atoms with E-state index in [1.165, 1.54) is 16.7 Å². The lowest BCUT2D eigenvalue weighted by atomic mass is 10.1. The molecule has 0 unspecified atom stereocenters. The topological polar surface area (TPSA) is 35.8 Å². The van der Waals surface area contributed by atoms with Crippen LogP contribution in [0.3, 0.4) is 0 Å². The zero-order valence-electron chi connectivity index (χ0n) is 11.0. The minimum absolute atomic E-state index is 0.480. The summed E-state index contributed by atoms with van der Waals surface area (Å²) >= 11 is 6.00. The second-order valence-electron chi connectivity index (χ2n) is 4.66. The van der Waals surface area contributed by atoms with Crippen LogP contribution in [0.15, 0.2) is 36.4 Å². The number of nitrogens with zero attached hydrogens (tertiary/aromatic N) is 1. The molecule has 0 heterocycles. The summed E-state index contributed by atoms with van der Waals surface area (Å²) in [6.07, 6.45) is 0. The number of anilines is 1. The van der Waals surface area contributed by atoms with Crippen molar-refractivity contribution in [2.45, 2.75) is 20.4 Å². The average Bonchev–Trinajstić information content (AvgIpc) is 2.35. The van der Waals surface area contributed by atoms with Gasteiger partial charge in [0.1, 0.15) is 6.07 Å². The SMILES string of the molecule is Cc1cc(C)cc(CNc2ccc(C#N)c(Cl)c2)c1. The molecule has 0 aliphatic carbocycles. The van der Waals surface area contributed by atoms with Crippen molar-refractivity contribution in [2.75, 3.05) is 5.32 Å². The first-order chi connectivity index (χ1) is 9.08. The highest BCUT2D eigenvalue weighted by atomic mass is 35.5. The molecule has 0 aliphatic heterocycles. The Labute approximate surface area is 118 Å². The zero-order chi connectivity index (χ0) is 13.8. The van der Waals surface area contributed by atoms with Crippen LogP contribution >= 0.6 is 11.6 Å². The molecule has 0 aromatic heterocycles. The van der Waals surface area contributed by atoms with Crippen molar-refractivity contribution in [2.24, 2.45) is 0 Å². The van der Waals surface area contributed by atoms with Crippen molar-refractivity contribution in [3.05, 3.63) is 63.7 Å². The molecular weight excluding hydrogens is 256 g/mol. The summed E-state index contributed by atoms with van der Waals surface area (Å²) in [6, 6.07) is 13.9. The molecule has 0 spiro atoms. The van der Waals surface area contributed by atoms with Gasteiger partial charge in [-0.1, -0.05) is 40.9 Å². The largest absolute Gasteiger partial charge is 0.381 e. The van der Waals surface area contributed by atoms with E-state index in [1.807, 2.05) is 6.07 Å². The number of rotatable bonds is 3. The smallest absolute Gasteiger partial charge is 0.101 e. The van der Waals surface area contributed by atoms with Crippen molar-refractivity contribution < 1.29 is 0 Å². The third-order valence-electron chi connectivity index (χ3n) is 2.87. The second-order valence-corrected chi connectivity index (χ2v) is 5.06. The van der Waals surface area contributed by atoms with E-state index in [9.17, 15) is 0 Å². The highest BCUT2D eigenvalue weighted by Gasteiger charge is 2.01. The Bertz CT molecular complexity index is 621. The molecule has 0 saturated heterocycles. The summed E-state index contributed by atoms with van der Waals surface area (Å²) in [4.78, 5) is 0. The van der Waals surface area contributed by atoms with E-state index >= 15 is 0 Å². The van der Waals surface area contributed by atoms with Gasteiger partial charge in [-0.3, -0.25) is 0 Å². The summed E-state index contributed by atoms with van der Waals surface area (Å²) in [6.45, 7) is 4.93. The normalized spacial score (nSPS) is 10.0. The van der Waals surface area contributed by atoms with E-state index in [0.717, 1.165) is 12.2 Å². The molecular formula is C16H15ClN2. The molecule has 0 fully saturated rings. The standard InChI is InChI=1S/C16H15ClN2/c1-11-5-12(2)7-13(6-11)10-19-15-4-3-14(9-18)16(17)8-15/h3-8,19H,10H2,1-2H3. The molecule has 0 radical (unpaired) electrons. The molecule has 2 aromatic rings. The maximum Gasteiger partial charge on any atom is 0.101 e. The number of hydrogen-bond acceptors (Lipinski definition) is 2. The number of aryl methyl sites for hydroxylation is 2. The first kappa shape index (κ1) is 13.5. The minimum atomic E-state index is 0.480. The van der Waals surface area contributed by atoms with Crippen molar-refractivity contribution in [3.8, 4) is 6.07 Å². The van der Waals surface area contributed by atoms with Gasteiger partial charge in [-0.25, -0.2) is 0 Å². The summed E-state index contributed by atoms with van der Waals surface area (Å²) < 4.78 is 0. The fraction of sp³-hybridized carbons (Fsp3) is 0.188. The van der Waals surface area contributed by atoms with Crippen LogP contribution in [-0.4, -0.2) is 0 Å². The van der Waals surface area contributed by atoms with E-state index in [0.29, 0.717) is 10.6 Å². The maximum atomic E-state index is 8.82. The van der Waals surface area contributed by atoms with Crippen LogP contribution in [0, 0.1) is 25.2 Å². The lowest BCUT2D eigenvalue weighted by molar-refractivity contribution is 1.13. The predicted molar refractivity (Wildman–Crippen MR) is 79.4 cm³/mol. The van der Waals surface area contributed by atoms with E-state index in [2.05, 4.69) is 43.4 Å². The van der Waals surface area contributed by atoms with E-state index in [-0.39, 0.29) is 0 Å². The van der Waals surface area contributed by atoms with E-state index in [4.69, 9.17) is 16.9 Å². The molecule has 96 valence electrons. The highest BCUT2D eigenvalue weighted by molar-refractivity contribution is 6.32. The van der Waals surface area contributed by atoms with Crippen LogP contribution in [0.25, 0.3) is 0 Å². The maximum absolute atomic E-state index is 8.82. The first-order valence-corrected chi connectivity index (χ1v) is 6.47. The van der Waals surface area contributed by atoms with Gasteiger partial charge in [0.15, 0.2) is 0 Å². The van der Waals surface area contributed by atoms with Crippen LogP contribution in [-0.2, 0) is 6.54 Å². The Kier molecular flexibility index (Phi) is 4.09. The molecule has 3 heteroatoms. The van der Waals surface area contributed by atoms with Crippen molar-refractivity contribution >= 4 is 17.3 Å². The van der Waals surface area contributed by atoms with Crippen molar-refractivity contribution in [1.82, 2.24) is 0 Å². The highest BCUT2D eigenvalue weighted by Crippen LogP contribution is 2.21. The quantitative estimate of drug-likeness (QED) is 0.895. The van der Waals surface area contributed by atoms with Crippen molar-refractivity contribution in [3.63, 3.8) is 0 Å². The van der Waals surface area contributed by atoms with Gasteiger partial charge in [0.25, 0.3) is 0 Å². The molecule has 1 N–H and O–H groups in total. The number of halogens is 1. The third kappa shape index (κ3) is 3.49. The lowest BCUT2D eigenvalue weighted by Crippen LogP contribution is -2.00. The number of nitriles is 1. The number of nitrogens with one attached hydrogen (secondary N) is 1. The molecule has 2 aromatic carbocycles. The van der Waals surface area contributed by atoms with Gasteiger partial charge in [-0.15, -0.1) is 0 Å². The Morgan fingerprint density at radius 1 is 1.11 bits per heavy atom. The van der Waals surface area contributed by atoms with Crippen LogP contribution in [0.2, 0.25) is 5.02 Å². The van der Waals surface area contributed by atoms with Gasteiger partial charge in [-0.05, 0) is 37.6 Å². The zero-order valence-corrected chi connectivity index (χ0v) is 11.8. The molecule has 19 heavy (non-hydrogen) atoms. The van der Waals surface area contributed by atoms with Gasteiger partial charge in [0, 0.05) is 12.2 Å². The minimum Gasteiger partial charge on any atom is -0.381 e. The van der Waals surface area contributed by atoms with Crippen LogP contribution < -0.4 is 5.32 Å². The summed E-state index contributed by atoms with van der Waals surface area (Å²) in [5.41, 5.74) is 5.17. The molecule has 0 saturated carbocycles. The monoisotopic (exact) mass is 270 g/mol. The molecule has 0 amide bonds. The van der Waals surface area contributed by atoms with Crippen molar-refractivity contribution in [1.29, 1.82) is 5.26 Å². The molecule has 2 rings (SSSR count). The summed E-state index contributed by atoms with van der Waals surface area (Å²) in [5.74, 6) is 0. The van der Waals surface area contributed by atoms with Crippen LogP contribution in [0.1, 0.15) is 22.3 Å². The van der Waals surface area contributed by atoms with E-state index in [1.54, 1.807) is 12.1 Å². The van der Waals surface area contributed by atoms with E-state index < -0.39 is 0 Å². The summed E-state index contributed by atoms with van der Waals surface area (Å²) in [5, 5.41) is 12.6. The lowest BCUT2D eigenvalue weighted by Gasteiger charge is -2.09. The molecule has 0 bridgehead atoms. The Hall–Kier alpha value is -1.98. The number of benzene rings is 2. The van der Waals surface area contributed by atoms with Crippen LogP contribution in [0.5, 0.6) is 0 Å². The summed E-state index contributed by atoms with van der Waals surface area (Å²) in [7, 11) is 0. The molecule has 0 atom stereocenters.